The van der Waals surface area contributed by atoms with Crippen LogP contribution in [0.2, 0.25) is 0 Å². The van der Waals surface area contributed by atoms with Gasteiger partial charge in [-0.05, 0) is 41.4 Å². The minimum atomic E-state index is 0.223. The van der Waals surface area contributed by atoms with E-state index in [0.29, 0.717) is 5.41 Å². The zero-order valence-electron chi connectivity index (χ0n) is 11.2. The Hall–Kier alpha value is -1.31. The summed E-state index contributed by atoms with van der Waals surface area (Å²) >= 11 is 0. The van der Waals surface area contributed by atoms with Crippen LogP contribution in [0.5, 0.6) is 0 Å². The van der Waals surface area contributed by atoms with Crippen molar-refractivity contribution in [3.05, 3.63) is 30.1 Å². The lowest BCUT2D eigenvalue weighted by Crippen LogP contribution is -2.27. The lowest BCUT2D eigenvalue weighted by atomic mass is 9.66. The largest absolute Gasteiger partial charge is 0.397 e. The number of anilines is 1. The van der Waals surface area contributed by atoms with E-state index < -0.39 is 0 Å². The van der Waals surface area contributed by atoms with Gasteiger partial charge in [-0.15, -0.1) is 0 Å². The normalized spacial score (nSPS) is 22.0. The number of hydrogen-bond acceptors (Lipinski definition) is 2. The predicted molar refractivity (Wildman–Crippen MR) is 73.4 cm³/mol. The maximum atomic E-state index is 6.03. The average Bonchev–Trinajstić information content (AvgIpc) is 2.13. The molecule has 0 aromatic carbocycles. The summed E-state index contributed by atoms with van der Waals surface area (Å²) < 4.78 is 0. The zero-order valence-corrected chi connectivity index (χ0v) is 11.2. The third-order valence-corrected chi connectivity index (χ3v) is 3.31. The van der Waals surface area contributed by atoms with E-state index in [4.69, 9.17) is 5.73 Å². The fourth-order valence-corrected chi connectivity index (χ4v) is 3.22. The van der Waals surface area contributed by atoms with Crippen molar-refractivity contribution in [1.82, 2.24) is 4.98 Å². The molecule has 2 rings (SSSR count). The molecule has 0 fully saturated rings. The Balaban J connectivity index is 2.46. The van der Waals surface area contributed by atoms with Crippen LogP contribution in [0.1, 0.15) is 46.2 Å². The van der Waals surface area contributed by atoms with E-state index in [-0.39, 0.29) is 5.41 Å². The Morgan fingerprint density at radius 1 is 1.24 bits per heavy atom. The molecule has 1 aromatic rings. The van der Waals surface area contributed by atoms with E-state index >= 15 is 0 Å². The second kappa shape index (κ2) is 3.86. The second-order valence-corrected chi connectivity index (χ2v) is 6.62. The van der Waals surface area contributed by atoms with Gasteiger partial charge >= 0.3 is 0 Å². The number of allylic oxidation sites excluding steroid dienone is 2. The monoisotopic (exact) mass is 230 g/mol. The van der Waals surface area contributed by atoms with Crippen LogP contribution in [0.4, 0.5) is 5.69 Å². The molecule has 0 saturated heterocycles. The minimum absolute atomic E-state index is 0.223. The van der Waals surface area contributed by atoms with Gasteiger partial charge in [0, 0.05) is 6.20 Å². The van der Waals surface area contributed by atoms with E-state index in [2.05, 4.69) is 38.8 Å². The highest BCUT2D eigenvalue weighted by atomic mass is 14.7. The van der Waals surface area contributed by atoms with Crippen molar-refractivity contribution in [1.29, 1.82) is 0 Å². The van der Waals surface area contributed by atoms with Crippen molar-refractivity contribution in [2.45, 2.75) is 40.5 Å². The van der Waals surface area contributed by atoms with Gasteiger partial charge in [0.05, 0.1) is 11.4 Å². The molecule has 1 aliphatic rings. The van der Waals surface area contributed by atoms with Gasteiger partial charge in [-0.25, -0.2) is 0 Å². The van der Waals surface area contributed by atoms with Crippen molar-refractivity contribution in [3.63, 3.8) is 0 Å². The van der Waals surface area contributed by atoms with Crippen LogP contribution in [0.15, 0.2) is 24.4 Å². The SMILES string of the molecule is CC1(C)C=C(c2ncccc2N)CC(C)(C)C1. The van der Waals surface area contributed by atoms with Crippen LogP contribution in [0.25, 0.3) is 5.57 Å². The van der Waals surface area contributed by atoms with Crippen molar-refractivity contribution in [2.24, 2.45) is 10.8 Å². The molecule has 0 amide bonds. The van der Waals surface area contributed by atoms with E-state index in [9.17, 15) is 0 Å². The molecule has 2 heteroatoms. The molecular formula is C15H22N2. The van der Waals surface area contributed by atoms with Gasteiger partial charge in [-0.1, -0.05) is 33.8 Å². The topological polar surface area (TPSA) is 38.9 Å². The lowest BCUT2D eigenvalue weighted by molar-refractivity contribution is 0.228. The maximum absolute atomic E-state index is 6.03. The number of nitrogen functional groups attached to an aromatic ring is 1. The number of rotatable bonds is 1. The second-order valence-electron chi connectivity index (χ2n) is 6.62. The van der Waals surface area contributed by atoms with Gasteiger partial charge < -0.3 is 5.73 Å². The van der Waals surface area contributed by atoms with Crippen LogP contribution in [-0.4, -0.2) is 4.98 Å². The first-order chi connectivity index (χ1) is 7.79. The Morgan fingerprint density at radius 3 is 2.53 bits per heavy atom. The first-order valence-corrected chi connectivity index (χ1v) is 6.22. The van der Waals surface area contributed by atoms with E-state index in [0.717, 1.165) is 17.8 Å². The summed E-state index contributed by atoms with van der Waals surface area (Å²) in [6, 6.07) is 3.82. The Morgan fingerprint density at radius 2 is 1.94 bits per heavy atom. The molecule has 0 unspecified atom stereocenters. The fourth-order valence-electron chi connectivity index (χ4n) is 3.22. The molecule has 1 aliphatic carbocycles. The standard InChI is InChI=1S/C15H22N2/c1-14(2)8-11(9-15(3,4)10-14)13-12(16)6-5-7-17-13/h5-8H,9-10,16H2,1-4H3. The molecule has 0 bridgehead atoms. The highest BCUT2D eigenvalue weighted by molar-refractivity contribution is 5.73. The number of nitrogens with zero attached hydrogens (tertiary/aromatic N) is 1. The number of nitrogens with two attached hydrogens (primary N) is 1. The van der Waals surface area contributed by atoms with Crippen molar-refractivity contribution in [2.75, 3.05) is 5.73 Å². The molecule has 92 valence electrons. The van der Waals surface area contributed by atoms with Crippen molar-refractivity contribution >= 4 is 11.3 Å². The highest BCUT2D eigenvalue weighted by Gasteiger charge is 2.34. The van der Waals surface area contributed by atoms with Crippen molar-refractivity contribution < 1.29 is 0 Å². The number of pyridine rings is 1. The molecule has 2 nitrogen and oxygen atoms in total. The summed E-state index contributed by atoms with van der Waals surface area (Å²) in [5, 5.41) is 0. The number of hydrogen-bond donors (Lipinski definition) is 1. The van der Waals surface area contributed by atoms with Crippen LogP contribution in [-0.2, 0) is 0 Å². The first kappa shape index (κ1) is 12.2. The predicted octanol–water partition coefficient (Wildman–Crippen LogP) is 3.89. The van der Waals surface area contributed by atoms with Gasteiger partial charge in [-0.3, -0.25) is 4.98 Å². The smallest absolute Gasteiger partial charge is 0.0887 e. The third-order valence-electron chi connectivity index (χ3n) is 3.31. The highest BCUT2D eigenvalue weighted by Crippen LogP contribution is 2.47. The van der Waals surface area contributed by atoms with Crippen LogP contribution >= 0.6 is 0 Å². The Labute approximate surface area is 104 Å². The summed E-state index contributed by atoms with van der Waals surface area (Å²) in [5.41, 5.74) is 9.61. The molecule has 1 heterocycles. The van der Waals surface area contributed by atoms with Gasteiger partial charge in [-0.2, -0.15) is 0 Å². The van der Waals surface area contributed by atoms with Gasteiger partial charge in [0.1, 0.15) is 0 Å². The fraction of sp³-hybridized carbons (Fsp3) is 0.533. The van der Waals surface area contributed by atoms with Gasteiger partial charge in [0.2, 0.25) is 0 Å². The van der Waals surface area contributed by atoms with E-state index in [1.807, 2.05) is 18.3 Å². The Kier molecular flexibility index (Phi) is 2.76. The summed E-state index contributed by atoms with van der Waals surface area (Å²) in [4.78, 5) is 4.44. The van der Waals surface area contributed by atoms with Crippen LogP contribution in [0, 0.1) is 10.8 Å². The van der Waals surface area contributed by atoms with Crippen molar-refractivity contribution in [3.8, 4) is 0 Å². The third kappa shape index (κ3) is 2.68. The molecular weight excluding hydrogens is 208 g/mol. The molecule has 0 atom stereocenters. The zero-order chi connectivity index (χ0) is 12.7. The molecule has 2 N–H and O–H groups in total. The molecule has 0 spiro atoms. The van der Waals surface area contributed by atoms with Crippen LogP contribution in [0.3, 0.4) is 0 Å². The van der Waals surface area contributed by atoms with E-state index in [1.54, 1.807) is 0 Å². The molecule has 1 aromatic heterocycles. The van der Waals surface area contributed by atoms with Crippen LogP contribution < -0.4 is 5.73 Å². The summed E-state index contributed by atoms with van der Waals surface area (Å²) in [5.74, 6) is 0. The maximum Gasteiger partial charge on any atom is 0.0887 e. The molecule has 0 saturated carbocycles. The average molecular weight is 230 g/mol. The van der Waals surface area contributed by atoms with E-state index in [1.165, 1.54) is 12.0 Å². The molecule has 0 radical (unpaired) electrons. The summed E-state index contributed by atoms with van der Waals surface area (Å²) in [7, 11) is 0. The molecule has 17 heavy (non-hydrogen) atoms. The quantitative estimate of drug-likeness (QED) is 0.794. The Bertz CT molecular complexity index is 456. The summed E-state index contributed by atoms with van der Waals surface area (Å²) in [6.07, 6.45) is 6.42. The lowest BCUT2D eigenvalue weighted by Gasteiger charge is -2.39. The summed E-state index contributed by atoms with van der Waals surface area (Å²) in [6.45, 7) is 9.21. The minimum Gasteiger partial charge on any atom is -0.397 e. The van der Waals surface area contributed by atoms with Gasteiger partial charge in [0.15, 0.2) is 0 Å². The first-order valence-electron chi connectivity index (χ1n) is 6.22. The molecule has 0 aliphatic heterocycles. The number of aromatic nitrogens is 1. The van der Waals surface area contributed by atoms with Gasteiger partial charge in [0.25, 0.3) is 0 Å².